The third-order valence-electron chi connectivity index (χ3n) is 2.41. The van der Waals surface area contributed by atoms with Gasteiger partial charge in [-0.15, -0.1) is 11.8 Å². The first-order valence-electron chi connectivity index (χ1n) is 5.37. The molecule has 0 aliphatic carbocycles. The monoisotopic (exact) mass is 401 g/mol. The van der Waals surface area contributed by atoms with Crippen LogP contribution < -0.4 is 0 Å². The van der Waals surface area contributed by atoms with Crippen molar-refractivity contribution in [1.82, 2.24) is 0 Å². The predicted octanol–water partition coefficient (Wildman–Crippen LogP) is 5.41. The molecule has 6 heteroatoms. The van der Waals surface area contributed by atoms with Crippen molar-refractivity contribution in [2.24, 2.45) is 0 Å². The van der Waals surface area contributed by atoms with Crippen molar-refractivity contribution in [3.8, 4) is 0 Å². The van der Waals surface area contributed by atoms with E-state index in [1.807, 2.05) is 30.3 Å². The summed E-state index contributed by atoms with van der Waals surface area (Å²) in [6.07, 6.45) is 0. The van der Waals surface area contributed by atoms with E-state index in [2.05, 4.69) is 31.9 Å². The minimum atomic E-state index is -0.378. The van der Waals surface area contributed by atoms with Gasteiger partial charge in [-0.05, 0) is 45.8 Å². The lowest BCUT2D eigenvalue weighted by Crippen LogP contribution is -1.91. The van der Waals surface area contributed by atoms with Crippen molar-refractivity contribution < 1.29 is 4.92 Å². The Bertz CT molecular complexity index is 619. The van der Waals surface area contributed by atoms with Gasteiger partial charge in [0.15, 0.2) is 0 Å². The van der Waals surface area contributed by atoms with Crippen LogP contribution >= 0.6 is 43.6 Å². The van der Waals surface area contributed by atoms with E-state index in [0.29, 0.717) is 10.2 Å². The van der Waals surface area contributed by atoms with Crippen LogP contribution in [-0.2, 0) is 5.75 Å². The number of halogens is 2. The number of hydrogen-bond donors (Lipinski definition) is 0. The standard InChI is InChI=1S/C13H9Br2NO2S/c14-10-2-1-3-11(7-10)19-8-9-4-5-12(15)13(6-9)16(17)18/h1-7H,8H2. The lowest BCUT2D eigenvalue weighted by Gasteiger charge is -2.03. The second-order valence-electron chi connectivity index (χ2n) is 3.79. The van der Waals surface area contributed by atoms with Gasteiger partial charge in [-0.2, -0.15) is 0 Å². The number of nitro benzene ring substituents is 1. The summed E-state index contributed by atoms with van der Waals surface area (Å²) < 4.78 is 1.54. The molecule has 0 aliphatic heterocycles. The van der Waals surface area contributed by atoms with Crippen LogP contribution in [0.5, 0.6) is 0 Å². The molecule has 0 saturated heterocycles. The Hall–Kier alpha value is -0.850. The van der Waals surface area contributed by atoms with Crippen LogP contribution in [-0.4, -0.2) is 4.92 Å². The molecule has 0 aliphatic rings. The van der Waals surface area contributed by atoms with Gasteiger partial charge in [0.1, 0.15) is 0 Å². The summed E-state index contributed by atoms with van der Waals surface area (Å²) in [7, 11) is 0. The number of hydrogen-bond acceptors (Lipinski definition) is 3. The van der Waals surface area contributed by atoms with Crippen LogP contribution in [0, 0.1) is 10.1 Å². The zero-order valence-electron chi connectivity index (χ0n) is 9.68. The fraction of sp³-hybridized carbons (Fsp3) is 0.0769. The van der Waals surface area contributed by atoms with E-state index in [1.165, 1.54) is 0 Å². The molecule has 19 heavy (non-hydrogen) atoms. The summed E-state index contributed by atoms with van der Waals surface area (Å²) >= 11 is 8.25. The molecule has 0 heterocycles. The highest BCUT2D eigenvalue weighted by atomic mass is 79.9. The Balaban J connectivity index is 2.12. The third-order valence-corrected chi connectivity index (χ3v) is 4.64. The molecule has 0 atom stereocenters. The fourth-order valence-electron chi connectivity index (χ4n) is 1.51. The van der Waals surface area contributed by atoms with Gasteiger partial charge in [0.2, 0.25) is 0 Å². The molecule has 0 N–H and O–H groups in total. The molecule has 2 rings (SSSR count). The van der Waals surface area contributed by atoms with Crippen molar-refractivity contribution in [2.45, 2.75) is 10.6 Å². The van der Waals surface area contributed by atoms with Crippen LogP contribution in [0.3, 0.4) is 0 Å². The van der Waals surface area contributed by atoms with E-state index in [0.717, 1.165) is 14.9 Å². The largest absolute Gasteiger partial charge is 0.283 e. The van der Waals surface area contributed by atoms with Gasteiger partial charge in [0, 0.05) is 21.2 Å². The van der Waals surface area contributed by atoms with Gasteiger partial charge in [-0.1, -0.05) is 28.1 Å². The second-order valence-corrected chi connectivity index (χ2v) is 6.61. The SMILES string of the molecule is O=[N+]([O-])c1cc(CSc2cccc(Br)c2)ccc1Br. The maximum Gasteiger partial charge on any atom is 0.283 e. The van der Waals surface area contributed by atoms with E-state index in [4.69, 9.17) is 0 Å². The molecule has 3 nitrogen and oxygen atoms in total. The number of thioether (sulfide) groups is 1. The van der Waals surface area contributed by atoms with Gasteiger partial charge in [0.25, 0.3) is 5.69 Å². The Morgan fingerprint density at radius 1 is 1.16 bits per heavy atom. The predicted molar refractivity (Wildman–Crippen MR) is 84.5 cm³/mol. The molecule has 0 bridgehead atoms. The lowest BCUT2D eigenvalue weighted by molar-refractivity contribution is -0.385. The minimum absolute atomic E-state index is 0.104. The van der Waals surface area contributed by atoms with Gasteiger partial charge < -0.3 is 0 Å². The Labute approximate surface area is 131 Å². The molecule has 98 valence electrons. The fourth-order valence-corrected chi connectivity index (χ4v) is 3.35. The van der Waals surface area contributed by atoms with Crippen LogP contribution in [0.4, 0.5) is 5.69 Å². The van der Waals surface area contributed by atoms with Crippen molar-refractivity contribution in [3.05, 3.63) is 67.1 Å². The molecule has 2 aromatic carbocycles. The Morgan fingerprint density at radius 3 is 2.63 bits per heavy atom. The summed E-state index contributed by atoms with van der Waals surface area (Å²) in [5.74, 6) is 0.699. The molecular weight excluding hydrogens is 394 g/mol. The van der Waals surface area contributed by atoms with Crippen molar-refractivity contribution >= 4 is 49.3 Å². The molecular formula is C13H9Br2NO2S. The van der Waals surface area contributed by atoms with Crippen molar-refractivity contribution in [3.63, 3.8) is 0 Å². The zero-order chi connectivity index (χ0) is 13.8. The van der Waals surface area contributed by atoms with E-state index < -0.39 is 0 Å². The summed E-state index contributed by atoms with van der Waals surface area (Å²) in [6.45, 7) is 0. The van der Waals surface area contributed by atoms with Gasteiger partial charge in [0.05, 0.1) is 9.40 Å². The molecule has 0 saturated carbocycles. The minimum Gasteiger partial charge on any atom is -0.258 e. The van der Waals surface area contributed by atoms with Gasteiger partial charge in [-0.25, -0.2) is 0 Å². The molecule has 0 spiro atoms. The molecule has 2 aromatic rings. The van der Waals surface area contributed by atoms with Crippen LogP contribution in [0.25, 0.3) is 0 Å². The molecule has 0 radical (unpaired) electrons. The Kier molecular flexibility index (Phi) is 5.01. The third kappa shape index (κ3) is 4.06. The van der Waals surface area contributed by atoms with Gasteiger partial charge >= 0.3 is 0 Å². The quantitative estimate of drug-likeness (QED) is 0.390. The maximum absolute atomic E-state index is 10.9. The average Bonchev–Trinajstić information content (AvgIpc) is 2.37. The maximum atomic E-state index is 10.9. The van der Waals surface area contributed by atoms with Crippen LogP contribution in [0.1, 0.15) is 5.56 Å². The summed E-state index contributed by atoms with van der Waals surface area (Å²) in [6, 6.07) is 13.2. The second kappa shape index (κ2) is 6.54. The lowest BCUT2D eigenvalue weighted by atomic mass is 10.2. The van der Waals surface area contributed by atoms with Crippen molar-refractivity contribution in [2.75, 3.05) is 0 Å². The zero-order valence-corrected chi connectivity index (χ0v) is 13.7. The smallest absolute Gasteiger partial charge is 0.258 e. The van der Waals surface area contributed by atoms with E-state index in [-0.39, 0.29) is 10.6 Å². The summed E-state index contributed by atoms with van der Waals surface area (Å²) in [5.41, 5.74) is 1.03. The average molecular weight is 403 g/mol. The topological polar surface area (TPSA) is 43.1 Å². The van der Waals surface area contributed by atoms with E-state index in [1.54, 1.807) is 23.9 Å². The highest BCUT2D eigenvalue weighted by molar-refractivity contribution is 9.10. The molecule has 0 unspecified atom stereocenters. The first-order chi connectivity index (χ1) is 9.06. The van der Waals surface area contributed by atoms with E-state index >= 15 is 0 Å². The molecule has 0 amide bonds. The highest BCUT2D eigenvalue weighted by Gasteiger charge is 2.12. The molecule has 0 aromatic heterocycles. The van der Waals surface area contributed by atoms with E-state index in [9.17, 15) is 10.1 Å². The number of rotatable bonds is 4. The first kappa shape index (κ1) is 14.6. The van der Waals surface area contributed by atoms with Crippen LogP contribution in [0.15, 0.2) is 56.3 Å². The summed E-state index contributed by atoms with van der Waals surface area (Å²) in [5, 5.41) is 10.9. The number of benzene rings is 2. The first-order valence-corrected chi connectivity index (χ1v) is 7.94. The van der Waals surface area contributed by atoms with Crippen molar-refractivity contribution in [1.29, 1.82) is 0 Å². The number of nitrogens with zero attached hydrogens (tertiary/aromatic N) is 1. The van der Waals surface area contributed by atoms with Crippen LogP contribution in [0.2, 0.25) is 0 Å². The highest BCUT2D eigenvalue weighted by Crippen LogP contribution is 2.30. The molecule has 0 fully saturated rings. The van der Waals surface area contributed by atoms with Gasteiger partial charge in [-0.3, -0.25) is 10.1 Å². The number of nitro groups is 1. The summed E-state index contributed by atoms with van der Waals surface area (Å²) in [4.78, 5) is 11.6. The normalized spacial score (nSPS) is 10.4. The Morgan fingerprint density at radius 2 is 1.95 bits per heavy atom.